The summed E-state index contributed by atoms with van der Waals surface area (Å²) in [6, 6.07) is 7.64. The second-order valence-electron chi connectivity index (χ2n) is 7.02. The minimum Gasteiger partial charge on any atom is -0.480 e. The summed E-state index contributed by atoms with van der Waals surface area (Å²) < 4.78 is 23.0. The van der Waals surface area contributed by atoms with Crippen molar-refractivity contribution in [3.05, 3.63) is 28.7 Å². The highest BCUT2D eigenvalue weighted by Crippen LogP contribution is 2.23. The maximum atomic E-state index is 8.42. The van der Waals surface area contributed by atoms with Gasteiger partial charge in [0.2, 0.25) is 0 Å². The first-order valence-corrected chi connectivity index (χ1v) is 11.8. The van der Waals surface area contributed by atoms with Gasteiger partial charge in [-0.05, 0) is 66.6 Å². The number of rotatable bonds is 4. The van der Waals surface area contributed by atoms with E-state index in [1.54, 1.807) is 0 Å². The zero-order valence-corrected chi connectivity index (χ0v) is 20.0. The standard InChI is InChI=1S/C16H13BrO2.C10H18O3/c17-15-11-7-8-12-16(15)19-14-10-6-4-2-1-3-5-9-13-18;1-3-7-11-9(5-1)13-10-6-2-4-8-12-10/h7-8,11-12,18H,3-4,13-14H2;9-10H,1-8H2. The molecule has 0 spiro atoms. The first-order valence-electron chi connectivity index (χ1n) is 11.0. The van der Waals surface area contributed by atoms with Crippen LogP contribution in [0.1, 0.15) is 51.4 Å². The molecule has 2 aliphatic rings. The van der Waals surface area contributed by atoms with Crippen molar-refractivity contribution in [2.24, 2.45) is 0 Å². The summed E-state index contributed by atoms with van der Waals surface area (Å²) in [5.41, 5.74) is 0. The molecule has 0 aromatic heterocycles. The van der Waals surface area contributed by atoms with Crippen LogP contribution in [0.15, 0.2) is 28.7 Å². The molecule has 1 aromatic rings. The largest absolute Gasteiger partial charge is 0.480 e. The third-order valence-electron chi connectivity index (χ3n) is 4.52. The fraction of sp³-hybridized carbons (Fsp3) is 0.538. The number of aliphatic hydroxyl groups excluding tert-OH is 1. The van der Waals surface area contributed by atoms with Crippen LogP contribution in [-0.2, 0) is 14.2 Å². The summed E-state index contributed by atoms with van der Waals surface area (Å²) in [6.45, 7) is 1.91. The number of halogens is 1. The molecule has 3 rings (SSSR count). The molecular formula is C26H31BrO5. The van der Waals surface area contributed by atoms with Gasteiger partial charge in [0, 0.05) is 13.2 Å². The predicted molar refractivity (Wildman–Crippen MR) is 128 cm³/mol. The van der Waals surface area contributed by atoms with Crippen LogP contribution in [-0.4, -0.2) is 44.1 Å². The monoisotopic (exact) mass is 502 g/mol. The van der Waals surface area contributed by atoms with Gasteiger partial charge in [0.15, 0.2) is 12.6 Å². The van der Waals surface area contributed by atoms with Crippen molar-refractivity contribution in [2.45, 2.75) is 63.9 Å². The highest BCUT2D eigenvalue weighted by atomic mass is 79.9. The van der Waals surface area contributed by atoms with E-state index in [4.69, 9.17) is 24.1 Å². The Labute approximate surface area is 200 Å². The molecule has 2 atom stereocenters. The van der Waals surface area contributed by atoms with Crippen LogP contribution in [0.3, 0.4) is 0 Å². The lowest BCUT2D eigenvalue weighted by molar-refractivity contribution is -0.264. The number of hydrogen-bond donors (Lipinski definition) is 1. The number of aliphatic hydroxyl groups is 1. The highest BCUT2D eigenvalue weighted by Gasteiger charge is 2.21. The van der Waals surface area contributed by atoms with Crippen molar-refractivity contribution in [2.75, 3.05) is 26.4 Å². The Morgan fingerprint density at radius 2 is 1.44 bits per heavy atom. The zero-order chi connectivity index (χ0) is 22.7. The molecule has 6 heteroatoms. The smallest absolute Gasteiger partial charge is 0.160 e. The van der Waals surface area contributed by atoms with E-state index < -0.39 is 0 Å². The van der Waals surface area contributed by atoms with E-state index in [0.29, 0.717) is 19.4 Å². The van der Waals surface area contributed by atoms with E-state index in [9.17, 15) is 0 Å². The van der Waals surface area contributed by atoms with Crippen LogP contribution in [0.2, 0.25) is 0 Å². The third kappa shape index (κ3) is 12.2. The Morgan fingerprint density at radius 1 is 0.844 bits per heavy atom. The summed E-state index contributed by atoms with van der Waals surface area (Å²) in [4.78, 5) is 0. The first-order chi connectivity index (χ1) is 15.8. The Kier molecular flexibility index (Phi) is 14.4. The summed E-state index contributed by atoms with van der Waals surface area (Å²) >= 11 is 3.39. The summed E-state index contributed by atoms with van der Waals surface area (Å²) in [7, 11) is 0. The molecule has 172 valence electrons. The van der Waals surface area contributed by atoms with Gasteiger partial charge in [-0.15, -0.1) is 0 Å². The van der Waals surface area contributed by atoms with Crippen LogP contribution in [0.25, 0.3) is 0 Å². The van der Waals surface area contributed by atoms with Gasteiger partial charge in [-0.25, -0.2) is 0 Å². The molecule has 2 fully saturated rings. The van der Waals surface area contributed by atoms with Crippen LogP contribution in [0, 0.1) is 35.5 Å². The zero-order valence-electron chi connectivity index (χ0n) is 18.4. The van der Waals surface area contributed by atoms with Crippen LogP contribution >= 0.6 is 15.9 Å². The van der Waals surface area contributed by atoms with E-state index in [2.05, 4.69) is 51.5 Å². The molecule has 2 aliphatic heterocycles. The van der Waals surface area contributed by atoms with Crippen LogP contribution in [0.4, 0.5) is 0 Å². The van der Waals surface area contributed by atoms with E-state index in [1.807, 2.05) is 24.3 Å². The highest BCUT2D eigenvalue weighted by molar-refractivity contribution is 9.10. The fourth-order valence-electron chi connectivity index (χ4n) is 2.93. The third-order valence-corrected chi connectivity index (χ3v) is 5.18. The molecule has 1 aromatic carbocycles. The van der Waals surface area contributed by atoms with Crippen LogP contribution < -0.4 is 4.74 Å². The SMILES string of the molecule is C1CCC(OC2CCCCO2)OC1.OCC#CCC#CCC#CCOc1ccccc1Br. The summed E-state index contributed by atoms with van der Waals surface area (Å²) in [6.07, 6.45) is 7.80. The summed E-state index contributed by atoms with van der Waals surface area (Å²) in [5, 5.41) is 8.42. The Hall–Kier alpha value is -1.98. The minimum absolute atomic E-state index is 0.00292. The molecular weight excluding hydrogens is 472 g/mol. The van der Waals surface area contributed by atoms with Gasteiger partial charge in [-0.2, -0.15) is 0 Å². The van der Waals surface area contributed by atoms with Crippen molar-refractivity contribution in [3.63, 3.8) is 0 Å². The average Bonchev–Trinajstić information content (AvgIpc) is 2.83. The first kappa shape index (κ1) is 26.3. The topological polar surface area (TPSA) is 57.2 Å². The van der Waals surface area contributed by atoms with Gasteiger partial charge < -0.3 is 24.1 Å². The lowest BCUT2D eigenvalue weighted by Gasteiger charge is -2.29. The molecule has 0 saturated carbocycles. The van der Waals surface area contributed by atoms with E-state index in [-0.39, 0.29) is 19.2 Å². The number of hydrogen-bond acceptors (Lipinski definition) is 5. The molecule has 0 radical (unpaired) electrons. The van der Waals surface area contributed by atoms with E-state index in [1.165, 1.54) is 25.7 Å². The number of para-hydroxylation sites is 1. The van der Waals surface area contributed by atoms with Crippen molar-refractivity contribution in [1.82, 2.24) is 0 Å². The minimum atomic E-state index is -0.117. The van der Waals surface area contributed by atoms with E-state index >= 15 is 0 Å². The maximum absolute atomic E-state index is 8.42. The van der Waals surface area contributed by atoms with Gasteiger partial charge in [0.1, 0.15) is 19.0 Å². The molecule has 2 heterocycles. The Bertz CT molecular complexity index is 809. The lowest BCUT2D eigenvalue weighted by atomic mass is 10.2. The second-order valence-corrected chi connectivity index (χ2v) is 7.87. The van der Waals surface area contributed by atoms with Crippen LogP contribution in [0.5, 0.6) is 5.75 Å². The Balaban J connectivity index is 0.000000242. The van der Waals surface area contributed by atoms with Gasteiger partial charge in [0.25, 0.3) is 0 Å². The fourth-order valence-corrected chi connectivity index (χ4v) is 3.33. The number of ether oxygens (including phenoxy) is 4. The van der Waals surface area contributed by atoms with Crippen molar-refractivity contribution in [3.8, 4) is 41.3 Å². The molecule has 1 N–H and O–H groups in total. The molecule has 2 saturated heterocycles. The molecule has 32 heavy (non-hydrogen) atoms. The Morgan fingerprint density at radius 3 is 2.00 bits per heavy atom. The van der Waals surface area contributed by atoms with E-state index in [0.717, 1.165) is 36.3 Å². The molecule has 0 amide bonds. The molecule has 0 aliphatic carbocycles. The molecule has 5 nitrogen and oxygen atoms in total. The molecule has 0 bridgehead atoms. The average molecular weight is 503 g/mol. The summed E-state index contributed by atoms with van der Waals surface area (Å²) in [5.74, 6) is 17.5. The van der Waals surface area contributed by atoms with Crippen molar-refractivity contribution < 1.29 is 24.1 Å². The lowest BCUT2D eigenvalue weighted by Crippen LogP contribution is -2.31. The van der Waals surface area contributed by atoms with Gasteiger partial charge >= 0.3 is 0 Å². The van der Waals surface area contributed by atoms with Gasteiger partial charge in [-0.1, -0.05) is 47.7 Å². The predicted octanol–water partition coefficient (Wildman–Crippen LogP) is 4.67. The maximum Gasteiger partial charge on any atom is 0.160 e. The number of benzene rings is 1. The van der Waals surface area contributed by atoms with Crippen molar-refractivity contribution >= 4 is 15.9 Å². The normalized spacial score (nSPS) is 19.4. The van der Waals surface area contributed by atoms with Crippen molar-refractivity contribution in [1.29, 1.82) is 0 Å². The van der Waals surface area contributed by atoms with Gasteiger partial charge in [-0.3, -0.25) is 0 Å². The second kappa shape index (κ2) is 17.6. The molecule has 2 unspecified atom stereocenters. The quantitative estimate of drug-likeness (QED) is 0.606. The van der Waals surface area contributed by atoms with Gasteiger partial charge in [0.05, 0.1) is 17.3 Å².